The molecular formula is C17H22N2O3S2. The molecule has 2 aliphatic heterocycles. The largest absolute Gasteiger partial charge is 0.346 e. The highest BCUT2D eigenvalue weighted by molar-refractivity contribution is 8.15. The van der Waals surface area contributed by atoms with E-state index in [1.165, 1.54) is 17.3 Å². The Kier molecular flexibility index (Phi) is 5.30. The molecule has 7 heteroatoms. The molecule has 0 unspecified atom stereocenters. The van der Waals surface area contributed by atoms with E-state index in [-0.39, 0.29) is 28.7 Å². The molecule has 0 spiro atoms. The van der Waals surface area contributed by atoms with E-state index in [9.17, 15) is 13.2 Å². The Labute approximate surface area is 147 Å². The predicted octanol–water partition coefficient (Wildman–Crippen LogP) is 2.13. The molecule has 0 bridgehead atoms. The van der Waals surface area contributed by atoms with Crippen molar-refractivity contribution in [2.24, 2.45) is 4.99 Å². The fourth-order valence-corrected chi connectivity index (χ4v) is 7.16. The van der Waals surface area contributed by atoms with Gasteiger partial charge < -0.3 is 4.90 Å². The van der Waals surface area contributed by atoms with Gasteiger partial charge in [-0.2, -0.15) is 4.99 Å². The SMILES string of the molecule is CCCC(=O)N=C1S[C@H]2CS(=O)(=O)C[C@@H]2N1CCc1ccccc1. The van der Waals surface area contributed by atoms with Gasteiger partial charge in [-0.3, -0.25) is 4.79 Å². The normalized spacial score (nSPS) is 26.7. The highest BCUT2D eigenvalue weighted by Crippen LogP contribution is 2.38. The smallest absolute Gasteiger partial charge is 0.248 e. The van der Waals surface area contributed by atoms with Gasteiger partial charge in [0.1, 0.15) is 0 Å². The standard InChI is InChI=1S/C17H22N2O3S2/c1-2-6-16(20)18-17-19(10-9-13-7-4-3-5-8-13)14-11-24(21,22)12-15(14)23-17/h3-5,7-8,14-15H,2,6,9-12H2,1H3/t14-,15-/m0/s1. The molecule has 0 aromatic heterocycles. The third-order valence-electron chi connectivity index (χ3n) is 4.34. The van der Waals surface area contributed by atoms with Crippen LogP contribution in [0, 0.1) is 0 Å². The number of nitrogens with zero attached hydrogens (tertiary/aromatic N) is 2. The first kappa shape index (κ1) is 17.5. The Hall–Kier alpha value is -1.34. The van der Waals surface area contributed by atoms with Crippen LogP contribution in [0.15, 0.2) is 35.3 Å². The van der Waals surface area contributed by atoms with Crippen LogP contribution in [-0.4, -0.2) is 53.7 Å². The molecule has 0 saturated carbocycles. The van der Waals surface area contributed by atoms with Gasteiger partial charge in [-0.25, -0.2) is 8.42 Å². The van der Waals surface area contributed by atoms with Crippen LogP contribution in [0.1, 0.15) is 25.3 Å². The Morgan fingerprint density at radius 2 is 2.04 bits per heavy atom. The lowest BCUT2D eigenvalue weighted by Crippen LogP contribution is -2.39. The first-order valence-corrected chi connectivity index (χ1v) is 11.0. The highest BCUT2D eigenvalue weighted by Gasteiger charge is 2.48. The molecule has 1 amide bonds. The number of carbonyl (C=O) groups excluding carboxylic acids is 1. The van der Waals surface area contributed by atoms with Crippen molar-refractivity contribution in [1.82, 2.24) is 4.90 Å². The maximum Gasteiger partial charge on any atom is 0.248 e. The van der Waals surface area contributed by atoms with Gasteiger partial charge in [0.15, 0.2) is 15.0 Å². The van der Waals surface area contributed by atoms with E-state index in [1.807, 2.05) is 30.0 Å². The molecule has 2 aliphatic rings. The Morgan fingerprint density at radius 3 is 2.75 bits per heavy atom. The van der Waals surface area contributed by atoms with E-state index >= 15 is 0 Å². The van der Waals surface area contributed by atoms with Crippen molar-refractivity contribution in [3.05, 3.63) is 35.9 Å². The van der Waals surface area contributed by atoms with Crippen LogP contribution in [0.2, 0.25) is 0 Å². The van der Waals surface area contributed by atoms with Gasteiger partial charge in [0.2, 0.25) is 5.91 Å². The van der Waals surface area contributed by atoms with Crippen LogP contribution in [0.3, 0.4) is 0 Å². The van der Waals surface area contributed by atoms with Crippen LogP contribution >= 0.6 is 11.8 Å². The molecule has 1 aromatic rings. The van der Waals surface area contributed by atoms with E-state index in [0.717, 1.165) is 12.8 Å². The summed E-state index contributed by atoms with van der Waals surface area (Å²) >= 11 is 1.46. The molecule has 24 heavy (non-hydrogen) atoms. The third-order valence-corrected chi connectivity index (χ3v) is 7.59. The summed E-state index contributed by atoms with van der Waals surface area (Å²) in [5, 5.41) is 0.702. The molecule has 2 saturated heterocycles. The zero-order valence-corrected chi connectivity index (χ0v) is 15.4. The number of aliphatic imine (C=N–C) groups is 1. The van der Waals surface area contributed by atoms with Crippen LogP contribution in [-0.2, 0) is 21.1 Å². The lowest BCUT2D eigenvalue weighted by Gasteiger charge is -2.24. The zero-order chi connectivity index (χ0) is 17.2. The fourth-order valence-electron chi connectivity index (χ4n) is 3.17. The second-order valence-electron chi connectivity index (χ2n) is 6.27. The first-order valence-electron chi connectivity index (χ1n) is 8.27. The first-order chi connectivity index (χ1) is 11.5. The molecule has 5 nitrogen and oxygen atoms in total. The van der Waals surface area contributed by atoms with Crippen LogP contribution in [0.5, 0.6) is 0 Å². The van der Waals surface area contributed by atoms with Gasteiger partial charge in [0, 0.05) is 18.2 Å². The minimum Gasteiger partial charge on any atom is -0.346 e. The minimum atomic E-state index is -2.99. The maximum absolute atomic E-state index is 11.9. The molecule has 2 atom stereocenters. The van der Waals surface area contributed by atoms with Crippen LogP contribution in [0.4, 0.5) is 0 Å². The van der Waals surface area contributed by atoms with Gasteiger partial charge >= 0.3 is 0 Å². The molecule has 3 rings (SSSR count). The number of amidine groups is 1. The Morgan fingerprint density at radius 1 is 1.29 bits per heavy atom. The van der Waals surface area contributed by atoms with Gasteiger partial charge in [-0.05, 0) is 18.4 Å². The van der Waals surface area contributed by atoms with Crippen molar-refractivity contribution >= 4 is 32.7 Å². The molecule has 0 radical (unpaired) electrons. The topological polar surface area (TPSA) is 66.8 Å². The van der Waals surface area contributed by atoms with Gasteiger partial charge in [-0.1, -0.05) is 49.0 Å². The second-order valence-corrected chi connectivity index (χ2v) is 9.63. The minimum absolute atomic E-state index is 0.000972. The summed E-state index contributed by atoms with van der Waals surface area (Å²) in [6, 6.07) is 10.0. The number of hydrogen-bond acceptors (Lipinski definition) is 4. The molecule has 1 aromatic carbocycles. The van der Waals surface area contributed by atoms with Crippen molar-refractivity contribution < 1.29 is 13.2 Å². The molecule has 2 fully saturated rings. The molecule has 2 heterocycles. The van der Waals surface area contributed by atoms with E-state index in [4.69, 9.17) is 0 Å². The number of rotatable bonds is 5. The Balaban J connectivity index is 1.77. The summed E-state index contributed by atoms with van der Waals surface area (Å²) < 4.78 is 23.9. The number of amides is 1. The van der Waals surface area contributed by atoms with Crippen molar-refractivity contribution in [3.63, 3.8) is 0 Å². The molecule has 130 valence electrons. The second kappa shape index (κ2) is 7.27. The van der Waals surface area contributed by atoms with Crippen molar-refractivity contribution in [2.45, 2.75) is 37.5 Å². The number of fused-ring (bicyclic) bond motifs is 1. The van der Waals surface area contributed by atoms with Gasteiger partial charge in [0.25, 0.3) is 0 Å². The number of thioether (sulfide) groups is 1. The van der Waals surface area contributed by atoms with E-state index < -0.39 is 9.84 Å². The summed E-state index contributed by atoms with van der Waals surface area (Å²) in [5.41, 5.74) is 1.20. The summed E-state index contributed by atoms with van der Waals surface area (Å²) in [5.74, 6) is 0.235. The van der Waals surface area contributed by atoms with Crippen LogP contribution in [0.25, 0.3) is 0 Å². The zero-order valence-electron chi connectivity index (χ0n) is 13.7. The maximum atomic E-state index is 11.9. The average Bonchev–Trinajstić information content (AvgIpc) is 2.98. The number of hydrogen-bond donors (Lipinski definition) is 0. The third kappa shape index (κ3) is 4.00. The van der Waals surface area contributed by atoms with Crippen molar-refractivity contribution in [3.8, 4) is 0 Å². The molecular weight excluding hydrogens is 344 g/mol. The van der Waals surface area contributed by atoms with E-state index in [2.05, 4.69) is 17.1 Å². The summed E-state index contributed by atoms with van der Waals surface area (Å²) in [6.07, 6.45) is 2.02. The summed E-state index contributed by atoms with van der Waals surface area (Å²) in [6.45, 7) is 2.64. The lowest BCUT2D eigenvalue weighted by atomic mass is 10.1. The number of sulfone groups is 1. The highest BCUT2D eigenvalue weighted by atomic mass is 32.2. The monoisotopic (exact) mass is 366 g/mol. The van der Waals surface area contributed by atoms with E-state index in [1.54, 1.807) is 0 Å². The van der Waals surface area contributed by atoms with E-state index in [0.29, 0.717) is 18.1 Å². The van der Waals surface area contributed by atoms with Crippen molar-refractivity contribution in [1.29, 1.82) is 0 Å². The van der Waals surface area contributed by atoms with Gasteiger partial charge in [-0.15, -0.1) is 0 Å². The summed E-state index contributed by atoms with van der Waals surface area (Å²) in [7, 11) is -2.99. The summed E-state index contributed by atoms with van der Waals surface area (Å²) in [4.78, 5) is 18.2. The average molecular weight is 367 g/mol. The number of benzene rings is 1. The fraction of sp³-hybridized carbons (Fsp3) is 0.529. The van der Waals surface area contributed by atoms with Gasteiger partial charge in [0.05, 0.1) is 17.5 Å². The number of carbonyl (C=O) groups is 1. The quantitative estimate of drug-likeness (QED) is 0.799. The Bertz CT molecular complexity index is 731. The molecule has 0 aliphatic carbocycles. The molecule has 0 N–H and O–H groups in total. The lowest BCUT2D eigenvalue weighted by molar-refractivity contribution is -0.117. The van der Waals surface area contributed by atoms with Crippen LogP contribution < -0.4 is 0 Å². The predicted molar refractivity (Wildman–Crippen MR) is 98.0 cm³/mol. The van der Waals surface area contributed by atoms with Crippen molar-refractivity contribution in [2.75, 3.05) is 18.1 Å².